The molecular formula is C32H26F4N3O7P. The second-order valence-corrected chi connectivity index (χ2v) is 11.5. The normalized spacial score (nSPS) is 11.7. The molecule has 0 fully saturated rings. The highest BCUT2D eigenvalue weighted by molar-refractivity contribution is 7.48. The molecule has 1 aromatic heterocycles. The molecule has 0 aliphatic rings. The van der Waals surface area contributed by atoms with Crippen molar-refractivity contribution in [3.63, 3.8) is 0 Å². The van der Waals surface area contributed by atoms with Crippen LogP contribution in [-0.2, 0) is 42.3 Å². The van der Waals surface area contributed by atoms with Crippen molar-refractivity contribution in [3.8, 4) is 0 Å². The summed E-state index contributed by atoms with van der Waals surface area (Å²) in [5.74, 6) is -0.676. The van der Waals surface area contributed by atoms with E-state index in [0.717, 1.165) is 47.2 Å². The molecule has 5 rings (SSSR count). The second kappa shape index (κ2) is 14.6. The number of alkyl halides is 3. The van der Waals surface area contributed by atoms with Gasteiger partial charge in [-0.05, 0) is 53.6 Å². The first kappa shape index (κ1) is 33.4. The molecule has 15 heteroatoms. The van der Waals surface area contributed by atoms with Crippen molar-refractivity contribution >= 4 is 42.2 Å². The quantitative estimate of drug-likeness (QED) is 0.0818. The monoisotopic (exact) mass is 671 g/mol. The first-order valence-electron chi connectivity index (χ1n) is 13.8. The predicted octanol–water partition coefficient (Wildman–Crippen LogP) is 8.94. The Hall–Kier alpha value is -5.01. The fraction of sp³-hybridized carbons (Fsp3) is 0.125. The highest BCUT2D eigenvalue weighted by atomic mass is 31.2. The van der Waals surface area contributed by atoms with Gasteiger partial charge in [-0.25, -0.2) is 23.1 Å². The van der Waals surface area contributed by atoms with Gasteiger partial charge in [0.1, 0.15) is 5.82 Å². The van der Waals surface area contributed by atoms with Crippen molar-refractivity contribution in [1.82, 2.24) is 4.57 Å². The Morgan fingerprint density at radius 2 is 1.36 bits per heavy atom. The summed E-state index contributed by atoms with van der Waals surface area (Å²) in [4.78, 5) is 25.7. The van der Waals surface area contributed by atoms with Crippen LogP contribution in [0, 0.1) is 5.82 Å². The topological polar surface area (TPSA) is 117 Å². The van der Waals surface area contributed by atoms with Crippen molar-refractivity contribution in [2.24, 2.45) is 0 Å². The molecule has 0 unspecified atom stereocenters. The summed E-state index contributed by atoms with van der Waals surface area (Å²) < 4.78 is 88.6. The van der Waals surface area contributed by atoms with Crippen LogP contribution in [0.15, 0.2) is 109 Å². The van der Waals surface area contributed by atoms with E-state index in [1.165, 1.54) is 6.07 Å². The van der Waals surface area contributed by atoms with E-state index in [0.29, 0.717) is 11.1 Å². The maximum absolute atomic E-state index is 14.1. The molecule has 0 saturated carbocycles. The Morgan fingerprint density at radius 1 is 0.766 bits per heavy atom. The van der Waals surface area contributed by atoms with Gasteiger partial charge in [0.15, 0.2) is 0 Å². The number of phosphoric ester groups is 1. The minimum absolute atomic E-state index is 0.0233. The van der Waals surface area contributed by atoms with Crippen molar-refractivity contribution in [3.05, 3.63) is 132 Å². The zero-order chi connectivity index (χ0) is 33.4. The Balaban J connectivity index is 1.26. The van der Waals surface area contributed by atoms with E-state index >= 15 is 0 Å². The van der Waals surface area contributed by atoms with E-state index < -0.39 is 44.3 Å². The molecule has 0 saturated heterocycles. The van der Waals surface area contributed by atoms with E-state index in [1.54, 1.807) is 60.7 Å². The lowest BCUT2D eigenvalue weighted by atomic mass is 10.2. The molecular weight excluding hydrogens is 645 g/mol. The standard InChI is InChI=1S/C32H26F4N3O7P/c33-25-13-16-29-27(17-25)28(38-30(40)37-26-14-11-24(12-15-26)32(34,35)36)18-39(29)31(41)43-21-46-47(42,44-19-22-7-3-1-4-8-22)45-20-23-9-5-2-6-10-23/h1-18H,19-21H2,(H2,37,38,40). The summed E-state index contributed by atoms with van der Waals surface area (Å²) in [5, 5.41) is 4.92. The van der Waals surface area contributed by atoms with Gasteiger partial charge in [0.25, 0.3) is 0 Å². The number of nitrogens with one attached hydrogen (secondary N) is 2. The molecule has 4 aromatic carbocycles. The summed E-state index contributed by atoms with van der Waals surface area (Å²) >= 11 is 0. The summed E-state index contributed by atoms with van der Waals surface area (Å²) in [5.41, 5.74) is 0.631. The first-order chi connectivity index (χ1) is 22.5. The molecule has 0 aliphatic carbocycles. The Morgan fingerprint density at radius 3 is 1.94 bits per heavy atom. The molecule has 2 amide bonds. The van der Waals surface area contributed by atoms with E-state index in [9.17, 15) is 31.7 Å². The molecule has 47 heavy (non-hydrogen) atoms. The number of carbonyl (C=O) groups is 2. The lowest BCUT2D eigenvalue weighted by Gasteiger charge is -2.18. The zero-order valence-electron chi connectivity index (χ0n) is 24.3. The molecule has 0 spiro atoms. The van der Waals surface area contributed by atoms with Crippen LogP contribution in [0.2, 0.25) is 0 Å². The molecule has 2 N–H and O–H groups in total. The number of rotatable bonds is 11. The van der Waals surface area contributed by atoms with Gasteiger partial charge >= 0.3 is 26.1 Å². The van der Waals surface area contributed by atoms with Crippen LogP contribution in [-0.4, -0.2) is 23.5 Å². The number of phosphoric acid groups is 1. The highest BCUT2D eigenvalue weighted by Gasteiger charge is 2.30. The summed E-state index contributed by atoms with van der Waals surface area (Å²) in [6.07, 6.45) is -4.44. The fourth-order valence-corrected chi connectivity index (χ4v) is 5.28. The number of carbonyl (C=O) groups excluding carboxylic acids is 2. The van der Waals surface area contributed by atoms with Crippen LogP contribution in [0.25, 0.3) is 10.9 Å². The van der Waals surface area contributed by atoms with Crippen molar-refractivity contribution in [2.45, 2.75) is 19.4 Å². The maximum Gasteiger partial charge on any atom is 0.478 e. The number of fused-ring (bicyclic) bond motifs is 1. The van der Waals surface area contributed by atoms with Crippen molar-refractivity contribution < 1.29 is 50.0 Å². The Bertz CT molecular complexity index is 1840. The van der Waals surface area contributed by atoms with Crippen molar-refractivity contribution in [2.75, 3.05) is 17.4 Å². The minimum Gasteiger partial charge on any atom is -0.421 e. The number of hydrogen-bond acceptors (Lipinski definition) is 7. The Labute approximate surface area is 265 Å². The zero-order valence-corrected chi connectivity index (χ0v) is 25.2. The lowest BCUT2D eigenvalue weighted by molar-refractivity contribution is -0.137. The SMILES string of the molecule is O=C(Nc1ccc(C(F)(F)F)cc1)Nc1cn(C(=O)OCOP(=O)(OCc2ccccc2)OCc2ccccc2)c2ccc(F)cc12. The van der Waals surface area contributed by atoms with Gasteiger partial charge < -0.3 is 15.4 Å². The molecule has 244 valence electrons. The molecule has 5 aromatic rings. The average Bonchev–Trinajstić information content (AvgIpc) is 3.40. The number of benzene rings is 4. The third-order valence-corrected chi connectivity index (χ3v) is 7.85. The van der Waals surface area contributed by atoms with Crippen LogP contribution < -0.4 is 10.6 Å². The number of anilines is 2. The molecule has 0 bridgehead atoms. The average molecular weight is 672 g/mol. The molecule has 0 atom stereocenters. The lowest BCUT2D eigenvalue weighted by Crippen LogP contribution is -2.19. The molecule has 1 heterocycles. The van der Waals surface area contributed by atoms with Crippen LogP contribution in [0.3, 0.4) is 0 Å². The van der Waals surface area contributed by atoms with Gasteiger partial charge in [-0.2, -0.15) is 13.2 Å². The van der Waals surface area contributed by atoms with E-state index in [2.05, 4.69) is 10.6 Å². The number of urea groups is 1. The summed E-state index contributed by atoms with van der Waals surface area (Å²) in [7, 11) is -4.28. The van der Waals surface area contributed by atoms with Crippen LogP contribution in [0.4, 0.5) is 38.5 Å². The minimum atomic E-state index is -4.55. The number of ether oxygens (including phenoxy) is 1. The van der Waals surface area contributed by atoms with E-state index in [4.69, 9.17) is 18.3 Å². The van der Waals surface area contributed by atoms with Gasteiger partial charge in [0, 0.05) is 17.3 Å². The van der Waals surface area contributed by atoms with Crippen LogP contribution in [0.5, 0.6) is 0 Å². The number of nitrogens with zero attached hydrogens (tertiary/aromatic N) is 1. The Kier molecular flexibility index (Phi) is 10.4. The largest absolute Gasteiger partial charge is 0.478 e. The van der Waals surface area contributed by atoms with Gasteiger partial charge in [-0.1, -0.05) is 60.7 Å². The molecule has 10 nitrogen and oxygen atoms in total. The smallest absolute Gasteiger partial charge is 0.421 e. The van der Waals surface area contributed by atoms with Crippen LogP contribution >= 0.6 is 7.82 Å². The summed E-state index contributed by atoms with van der Waals surface area (Å²) in [6, 6.07) is 23.9. The van der Waals surface area contributed by atoms with Gasteiger partial charge in [-0.3, -0.25) is 13.6 Å². The predicted molar refractivity (Wildman–Crippen MR) is 164 cm³/mol. The first-order valence-corrected chi connectivity index (χ1v) is 15.3. The van der Waals surface area contributed by atoms with E-state index in [1.807, 2.05) is 0 Å². The van der Waals surface area contributed by atoms with Gasteiger partial charge in [0.2, 0.25) is 6.79 Å². The maximum atomic E-state index is 14.1. The summed E-state index contributed by atoms with van der Waals surface area (Å²) in [6.45, 7) is -1.12. The third kappa shape index (κ3) is 9.05. The number of halogens is 4. The number of aromatic nitrogens is 1. The number of hydrogen-bond donors (Lipinski definition) is 2. The van der Waals surface area contributed by atoms with Crippen molar-refractivity contribution in [1.29, 1.82) is 0 Å². The van der Waals surface area contributed by atoms with E-state index in [-0.39, 0.29) is 35.5 Å². The number of amides is 2. The van der Waals surface area contributed by atoms with Gasteiger partial charge in [-0.15, -0.1) is 0 Å². The second-order valence-electron chi connectivity index (χ2n) is 9.85. The molecule has 0 radical (unpaired) electrons. The third-order valence-electron chi connectivity index (χ3n) is 6.54. The van der Waals surface area contributed by atoms with Gasteiger partial charge in [0.05, 0.1) is 30.0 Å². The fourth-order valence-electron chi connectivity index (χ4n) is 4.26. The van der Waals surface area contributed by atoms with Crippen LogP contribution in [0.1, 0.15) is 16.7 Å². The highest BCUT2D eigenvalue weighted by Crippen LogP contribution is 2.51. The molecule has 0 aliphatic heterocycles.